The van der Waals surface area contributed by atoms with Gasteiger partial charge in [-0.25, -0.2) is 4.39 Å². The van der Waals surface area contributed by atoms with Crippen molar-refractivity contribution < 1.29 is 9.13 Å². The molecular weight excluding hydrogens is 257 g/mol. The van der Waals surface area contributed by atoms with Gasteiger partial charge in [0.15, 0.2) is 5.82 Å². The molecule has 5 heteroatoms. The van der Waals surface area contributed by atoms with Crippen LogP contribution in [0.4, 0.5) is 10.2 Å². The molecule has 0 saturated heterocycles. The molecule has 2 aromatic rings. The van der Waals surface area contributed by atoms with Crippen LogP contribution in [0.25, 0.3) is 0 Å². The lowest BCUT2D eigenvalue weighted by Crippen LogP contribution is -2.04. The van der Waals surface area contributed by atoms with Gasteiger partial charge < -0.3 is 10.1 Å². The topological polar surface area (TPSA) is 39.1 Å². The summed E-state index contributed by atoms with van der Waals surface area (Å²) in [5, 5.41) is 7.57. The molecule has 1 N–H and O–H groups in total. The predicted octanol–water partition coefficient (Wildman–Crippen LogP) is 3.17. The monoisotopic (exact) mass is 277 g/mol. The second kappa shape index (κ2) is 6.93. The first-order chi connectivity index (χ1) is 9.72. The summed E-state index contributed by atoms with van der Waals surface area (Å²) >= 11 is 0. The number of ether oxygens (including phenoxy) is 1. The number of alkyl halides is 1. The molecule has 0 bridgehead atoms. The summed E-state index contributed by atoms with van der Waals surface area (Å²) in [6, 6.07) is 7.95. The Morgan fingerprint density at radius 3 is 2.70 bits per heavy atom. The van der Waals surface area contributed by atoms with Crippen molar-refractivity contribution in [2.45, 2.75) is 26.9 Å². The van der Waals surface area contributed by atoms with Crippen molar-refractivity contribution in [3.05, 3.63) is 41.6 Å². The number of halogens is 1. The first kappa shape index (κ1) is 14.4. The van der Waals surface area contributed by atoms with Crippen LogP contribution in [0, 0.1) is 6.92 Å². The predicted molar refractivity (Wildman–Crippen MR) is 77.9 cm³/mol. The fourth-order valence-corrected chi connectivity index (χ4v) is 1.95. The molecular formula is C15H20FN3O. The van der Waals surface area contributed by atoms with Gasteiger partial charge in [0, 0.05) is 18.3 Å². The fraction of sp³-hybridized carbons (Fsp3) is 0.400. The Morgan fingerprint density at radius 2 is 2.05 bits per heavy atom. The van der Waals surface area contributed by atoms with E-state index in [4.69, 9.17) is 4.74 Å². The van der Waals surface area contributed by atoms with Crippen LogP contribution in [-0.2, 0) is 13.1 Å². The summed E-state index contributed by atoms with van der Waals surface area (Å²) < 4.78 is 19.3. The normalized spacial score (nSPS) is 10.6. The summed E-state index contributed by atoms with van der Waals surface area (Å²) in [5.74, 6) is 1.67. The van der Waals surface area contributed by atoms with E-state index in [1.807, 2.05) is 44.3 Å². The van der Waals surface area contributed by atoms with Gasteiger partial charge >= 0.3 is 0 Å². The molecule has 20 heavy (non-hydrogen) atoms. The lowest BCUT2D eigenvalue weighted by Gasteiger charge is -2.06. The molecule has 108 valence electrons. The minimum atomic E-state index is -0.403. The molecule has 0 aliphatic rings. The van der Waals surface area contributed by atoms with Gasteiger partial charge in [0.1, 0.15) is 12.4 Å². The Balaban J connectivity index is 1.94. The molecule has 0 spiro atoms. The molecule has 0 unspecified atom stereocenters. The van der Waals surface area contributed by atoms with Crippen molar-refractivity contribution in [3.63, 3.8) is 0 Å². The fourth-order valence-electron chi connectivity index (χ4n) is 1.95. The summed E-state index contributed by atoms with van der Waals surface area (Å²) in [7, 11) is 0. The van der Waals surface area contributed by atoms with Crippen LogP contribution in [0.2, 0.25) is 0 Å². The molecule has 1 heterocycles. The van der Waals surface area contributed by atoms with Crippen LogP contribution >= 0.6 is 0 Å². The van der Waals surface area contributed by atoms with E-state index in [-0.39, 0.29) is 0 Å². The zero-order valence-electron chi connectivity index (χ0n) is 11.9. The average molecular weight is 277 g/mol. The van der Waals surface area contributed by atoms with Crippen molar-refractivity contribution in [2.24, 2.45) is 0 Å². The van der Waals surface area contributed by atoms with Crippen molar-refractivity contribution in [2.75, 3.05) is 18.6 Å². The molecule has 0 saturated carbocycles. The SMILES string of the molecule is CCOc1ccc(CNc2nn(CCF)cc2C)cc1. The Labute approximate surface area is 118 Å². The first-order valence-electron chi connectivity index (χ1n) is 6.78. The molecule has 0 atom stereocenters. The second-order valence-electron chi connectivity index (χ2n) is 4.54. The van der Waals surface area contributed by atoms with E-state index in [2.05, 4.69) is 10.4 Å². The maximum Gasteiger partial charge on any atom is 0.151 e. The van der Waals surface area contributed by atoms with Gasteiger partial charge in [0.05, 0.1) is 13.2 Å². The van der Waals surface area contributed by atoms with Crippen LogP contribution in [0.15, 0.2) is 30.5 Å². The molecule has 0 aliphatic heterocycles. The lowest BCUT2D eigenvalue weighted by atomic mass is 10.2. The van der Waals surface area contributed by atoms with Crippen LogP contribution in [0.3, 0.4) is 0 Å². The number of hydrogen-bond acceptors (Lipinski definition) is 3. The molecule has 4 nitrogen and oxygen atoms in total. The van der Waals surface area contributed by atoms with Crippen LogP contribution in [-0.4, -0.2) is 23.1 Å². The number of benzene rings is 1. The summed E-state index contributed by atoms with van der Waals surface area (Å²) in [4.78, 5) is 0. The number of aromatic nitrogens is 2. The molecule has 2 rings (SSSR count). The third kappa shape index (κ3) is 3.73. The van der Waals surface area contributed by atoms with E-state index in [0.717, 1.165) is 22.7 Å². The van der Waals surface area contributed by atoms with E-state index < -0.39 is 6.67 Å². The Morgan fingerprint density at radius 1 is 1.30 bits per heavy atom. The average Bonchev–Trinajstić information content (AvgIpc) is 2.79. The largest absolute Gasteiger partial charge is 0.494 e. The number of nitrogens with zero attached hydrogens (tertiary/aromatic N) is 2. The van der Waals surface area contributed by atoms with E-state index >= 15 is 0 Å². The highest BCUT2D eigenvalue weighted by Crippen LogP contribution is 2.15. The van der Waals surface area contributed by atoms with E-state index in [1.54, 1.807) is 4.68 Å². The molecule has 0 radical (unpaired) electrons. The zero-order valence-corrected chi connectivity index (χ0v) is 11.9. The zero-order chi connectivity index (χ0) is 14.4. The highest BCUT2D eigenvalue weighted by Gasteiger charge is 2.04. The molecule has 1 aromatic carbocycles. The summed E-state index contributed by atoms with van der Waals surface area (Å²) in [5.41, 5.74) is 2.16. The summed E-state index contributed by atoms with van der Waals surface area (Å²) in [6.07, 6.45) is 1.85. The number of aryl methyl sites for hydroxylation is 2. The molecule has 1 aromatic heterocycles. The first-order valence-corrected chi connectivity index (χ1v) is 6.78. The van der Waals surface area contributed by atoms with E-state index in [1.165, 1.54) is 0 Å². The highest BCUT2D eigenvalue weighted by atomic mass is 19.1. The van der Waals surface area contributed by atoms with Gasteiger partial charge in [0.25, 0.3) is 0 Å². The molecule has 0 amide bonds. The lowest BCUT2D eigenvalue weighted by molar-refractivity contribution is 0.340. The maximum absolute atomic E-state index is 12.3. The van der Waals surface area contributed by atoms with Gasteiger partial charge in [0.2, 0.25) is 0 Å². The van der Waals surface area contributed by atoms with Gasteiger partial charge in [-0.15, -0.1) is 0 Å². The van der Waals surface area contributed by atoms with Crippen molar-refractivity contribution in [1.29, 1.82) is 0 Å². The van der Waals surface area contributed by atoms with E-state index in [0.29, 0.717) is 19.7 Å². The molecule has 0 fully saturated rings. The van der Waals surface area contributed by atoms with Crippen LogP contribution in [0.5, 0.6) is 5.75 Å². The number of anilines is 1. The van der Waals surface area contributed by atoms with Gasteiger partial charge in [-0.1, -0.05) is 12.1 Å². The second-order valence-corrected chi connectivity index (χ2v) is 4.54. The highest BCUT2D eigenvalue weighted by molar-refractivity contribution is 5.42. The quantitative estimate of drug-likeness (QED) is 0.845. The third-order valence-corrected chi connectivity index (χ3v) is 2.95. The van der Waals surface area contributed by atoms with Crippen molar-refractivity contribution in [3.8, 4) is 5.75 Å². The molecule has 0 aliphatic carbocycles. The van der Waals surface area contributed by atoms with E-state index in [9.17, 15) is 4.39 Å². The maximum atomic E-state index is 12.3. The Bertz CT molecular complexity index is 537. The van der Waals surface area contributed by atoms with Gasteiger partial charge in [-0.2, -0.15) is 5.10 Å². The minimum Gasteiger partial charge on any atom is -0.494 e. The van der Waals surface area contributed by atoms with Crippen LogP contribution in [0.1, 0.15) is 18.1 Å². The summed E-state index contributed by atoms with van der Waals surface area (Å²) in [6.45, 7) is 5.17. The minimum absolute atomic E-state index is 0.297. The standard InChI is InChI=1S/C15H20FN3O/c1-3-20-14-6-4-13(5-7-14)10-17-15-12(2)11-19(18-15)9-8-16/h4-7,11H,3,8-10H2,1-2H3,(H,17,18). The Kier molecular flexibility index (Phi) is 4.98. The smallest absolute Gasteiger partial charge is 0.151 e. The number of rotatable bonds is 7. The Hall–Kier alpha value is -2.04. The number of nitrogens with one attached hydrogen (secondary N) is 1. The van der Waals surface area contributed by atoms with Crippen LogP contribution < -0.4 is 10.1 Å². The van der Waals surface area contributed by atoms with Crippen molar-refractivity contribution in [1.82, 2.24) is 9.78 Å². The third-order valence-electron chi connectivity index (χ3n) is 2.95. The van der Waals surface area contributed by atoms with Crippen molar-refractivity contribution >= 4 is 5.82 Å². The van der Waals surface area contributed by atoms with Gasteiger partial charge in [-0.3, -0.25) is 4.68 Å². The van der Waals surface area contributed by atoms with Gasteiger partial charge in [-0.05, 0) is 31.5 Å². The number of hydrogen-bond donors (Lipinski definition) is 1.